The van der Waals surface area contributed by atoms with E-state index in [2.05, 4.69) is 44.7 Å². The third-order valence-corrected chi connectivity index (χ3v) is 9.71. The second-order valence-electron chi connectivity index (χ2n) is 13.8. The lowest BCUT2D eigenvalue weighted by Crippen LogP contribution is -2.44. The van der Waals surface area contributed by atoms with Gasteiger partial charge in [0, 0.05) is 74.0 Å². The van der Waals surface area contributed by atoms with Gasteiger partial charge in [-0.15, -0.1) is 0 Å². The molecule has 0 bridgehead atoms. The van der Waals surface area contributed by atoms with Crippen LogP contribution in [0.15, 0.2) is 89.3 Å². The highest BCUT2D eigenvalue weighted by Crippen LogP contribution is 2.56. The number of benzene rings is 3. The molecule has 3 aliphatic rings. The Morgan fingerprint density at radius 1 is 0.750 bits per heavy atom. The van der Waals surface area contributed by atoms with E-state index in [9.17, 15) is 9.59 Å². The molecular weight excluding hydrogens is 613 g/mol. The van der Waals surface area contributed by atoms with Gasteiger partial charge in [-0.2, -0.15) is 0 Å². The fourth-order valence-corrected chi connectivity index (χ4v) is 7.63. The monoisotopic (exact) mass is 647 g/mol. The van der Waals surface area contributed by atoms with Gasteiger partial charge < -0.3 is 9.64 Å². The van der Waals surface area contributed by atoms with Crippen LogP contribution in [0.3, 0.4) is 0 Å². The van der Waals surface area contributed by atoms with E-state index in [1.165, 1.54) is 0 Å². The van der Waals surface area contributed by atoms with Crippen LogP contribution in [0.2, 0.25) is 15.1 Å². The van der Waals surface area contributed by atoms with Gasteiger partial charge in [-0.25, -0.2) is 0 Å². The summed E-state index contributed by atoms with van der Waals surface area (Å²) in [7, 11) is 0. The van der Waals surface area contributed by atoms with Gasteiger partial charge in [-0.05, 0) is 59.6 Å². The smallest absolute Gasteiger partial charge is 0.162 e. The third kappa shape index (κ3) is 6.09. The molecule has 1 heterocycles. The Labute approximate surface area is 274 Å². The summed E-state index contributed by atoms with van der Waals surface area (Å²) in [6.07, 6.45) is 2.25. The van der Waals surface area contributed by atoms with E-state index in [0.29, 0.717) is 51.4 Å². The minimum atomic E-state index is -0.575. The summed E-state index contributed by atoms with van der Waals surface area (Å²) in [4.78, 5) is 30.8. The molecule has 0 atom stereocenters. The van der Waals surface area contributed by atoms with E-state index in [-0.39, 0.29) is 29.0 Å². The van der Waals surface area contributed by atoms with Crippen LogP contribution in [-0.2, 0) is 22.7 Å². The first-order valence-corrected chi connectivity index (χ1v) is 16.2. The SMILES string of the molecule is CC1(C)CC(=O)C2=C(C1)N(Cc1ccccc1)C1=C(C(=O)CC(C)(C)C1)C2c1cc(Cl)ccc1OCc1ccc(Cl)cc1Cl. The Morgan fingerprint density at radius 2 is 1.32 bits per heavy atom. The number of hydrogen-bond acceptors (Lipinski definition) is 4. The molecule has 0 saturated carbocycles. The molecule has 44 heavy (non-hydrogen) atoms. The van der Waals surface area contributed by atoms with Crippen LogP contribution in [0.4, 0.5) is 0 Å². The van der Waals surface area contributed by atoms with Gasteiger partial charge in [0.1, 0.15) is 12.4 Å². The van der Waals surface area contributed by atoms with Crippen molar-refractivity contribution in [3.8, 4) is 5.75 Å². The van der Waals surface area contributed by atoms with E-state index < -0.39 is 5.92 Å². The van der Waals surface area contributed by atoms with Crippen LogP contribution in [0.5, 0.6) is 5.75 Å². The van der Waals surface area contributed by atoms with Crippen LogP contribution in [-0.4, -0.2) is 16.5 Å². The van der Waals surface area contributed by atoms with E-state index in [1.54, 1.807) is 18.2 Å². The Bertz CT molecular complexity index is 1670. The zero-order valence-electron chi connectivity index (χ0n) is 25.5. The minimum absolute atomic E-state index is 0.0650. The molecule has 2 aliphatic carbocycles. The third-order valence-electron chi connectivity index (χ3n) is 8.89. The van der Waals surface area contributed by atoms with Crippen LogP contribution in [0, 0.1) is 10.8 Å². The van der Waals surface area contributed by atoms with Crippen molar-refractivity contribution in [2.75, 3.05) is 0 Å². The molecule has 4 nitrogen and oxygen atoms in total. The van der Waals surface area contributed by atoms with Gasteiger partial charge in [-0.3, -0.25) is 9.59 Å². The topological polar surface area (TPSA) is 46.6 Å². The summed E-state index contributed by atoms with van der Waals surface area (Å²) in [5, 5.41) is 1.57. The van der Waals surface area contributed by atoms with E-state index in [0.717, 1.165) is 40.9 Å². The van der Waals surface area contributed by atoms with Crippen molar-refractivity contribution in [3.05, 3.63) is 121 Å². The number of Topliss-reactive ketones (excluding diaryl/α,β-unsaturated/α-hetero) is 2. The first kappa shape index (κ1) is 31.0. The summed E-state index contributed by atoms with van der Waals surface area (Å²) >= 11 is 19.2. The summed E-state index contributed by atoms with van der Waals surface area (Å²) in [6, 6.07) is 21.0. The van der Waals surface area contributed by atoms with Crippen LogP contribution in [0.1, 0.15) is 76.0 Å². The second kappa shape index (κ2) is 11.7. The highest BCUT2D eigenvalue weighted by molar-refractivity contribution is 6.35. The number of hydrogen-bond donors (Lipinski definition) is 0. The van der Waals surface area contributed by atoms with Crippen molar-refractivity contribution >= 4 is 46.4 Å². The van der Waals surface area contributed by atoms with E-state index in [4.69, 9.17) is 39.5 Å². The molecule has 0 fully saturated rings. The quantitative estimate of drug-likeness (QED) is 0.267. The Hall–Kier alpha value is -3.05. The number of ketones is 2. The Morgan fingerprint density at radius 3 is 1.91 bits per heavy atom. The lowest BCUT2D eigenvalue weighted by Gasteiger charge is -2.49. The van der Waals surface area contributed by atoms with Gasteiger partial charge in [-0.1, -0.05) is 98.9 Å². The molecule has 0 amide bonds. The molecule has 0 aromatic heterocycles. The molecule has 3 aromatic carbocycles. The standard InChI is InChI=1S/C37H36Cl3NO3/c1-36(2)16-28-34(30(42)18-36)33(26-14-24(38)12-13-32(26)44-21-23-10-11-25(39)15-27(23)40)35-29(17-37(3,4)19-31(35)43)41(28)20-22-8-6-5-7-9-22/h5-15,33H,16-21H2,1-4H3. The number of carbonyl (C=O) groups is 2. The van der Waals surface area contributed by atoms with Crippen molar-refractivity contribution in [2.45, 2.75) is 72.4 Å². The van der Waals surface area contributed by atoms with Crippen molar-refractivity contribution in [1.29, 1.82) is 0 Å². The molecule has 0 spiro atoms. The number of carbonyl (C=O) groups excluding carboxylic acids is 2. The lowest BCUT2D eigenvalue weighted by atomic mass is 9.63. The van der Waals surface area contributed by atoms with Crippen molar-refractivity contribution in [1.82, 2.24) is 4.90 Å². The summed E-state index contributed by atoms with van der Waals surface area (Å²) in [5.41, 5.74) is 5.55. The molecule has 6 rings (SSSR count). The number of allylic oxidation sites excluding steroid dienone is 4. The molecule has 3 aromatic rings. The maximum Gasteiger partial charge on any atom is 0.162 e. The first-order valence-electron chi connectivity index (χ1n) is 15.0. The zero-order valence-corrected chi connectivity index (χ0v) is 27.7. The Kier molecular flexibility index (Phi) is 8.24. The fourth-order valence-electron chi connectivity index (χ4n) is 6.99. The summed E-state index contributed by atoms with van der Waals surface area (Å²) in [6.45, 7) is 9.37. The number of halogens is 3. The van der Waals surface area contributed by atoms with Crippen LogP contribution >= 0.6 is 34.8 Å². The van der Waals surface area contributed by atoms with Crippen molar-refractivity contribution in [3.63, 3.8) is 0 Å². The zero-order chi connectivity index (χ0) is 31.4. The van der Waals surface area contributed by atoms with Crippen LogP contribution in [0.25, 0.3) is 0 Å². The minimum Gasteiger partial charge on any atom is -0.489 e. The Balaban J connectivity index is 1.54. The summed E-state index contributed by atoms with van der Waals surface area (Å²) in [5.74, 6) is 0.120. The van der Waals surface area contributed by atoms with Gasteiger partial charge in [0.25, 0.3) is 0 Å². The normalized spacial score (nSPS) is 19.7. The predicted octanol–water partition coefficient (Wildman–Crippen LogP) is 10.1. The molecular formula is C37H36Cl3NO3. The first-order chi connectivity index (χ1) is 20.8. The maximum absolute atomic E-state index is 14.3. The number of ether oxygens (including phenoxy) is 1. The van der Waals surface area contributed by atoms with Gasteiger partial charge in [0.05, 0.1) is 0 Å². The highest BCUT2D eigenvalue weighted by Gasteiger charge is 2.49. The van der Waals surface area contributed by atoms with Crippen LogP contribution < -0.4 is 4.74 Å². The lowest BCUT2D eigenvalue weighted by molar-refractivity contribution is -0.119. The molecule has 0 N–H and O–H groups in total. The average molecular weight is 649 g/mol. The molecule has 228 valence electrons. The fraction of sp³-hybridized carbons (Fsp3) is 0.351. The molecule has 7 heteroatoms. The van der Waals surface area contributed by atoms with Gasteiger partial charge in [0.2, 0.25) is 0 Å². The predicted molar refractivity (Wildman–Crippen MR) is 177 cm³/mol. The van der Waals surface area contributed by atoms with E-state index in [1.807, 2.05) is 36.4 Å². The number of rotatable bonds is 6. The molecule has 0 unspecified atom stereocenters. The van der Waals surface area contributed by atoms with Crippen molar-refractivity contribution in [2.24, 2.45) is 10.8 Å². The van der Waals surface area contributed by atoms with E-state index >= 15 is 0 Å². The second-order valence-corrected chi connectivity index (χ2v) is 15.1. The average Bonchev–Trinajstić information content (AvgIpc) is 2.93. The van der Waals surface area contributed by atoms with Gasteiger partial charge >= 0.3 is 0 Å². The largest absolute Gasteiger partial charge is 0.489 e. The van der Waals surface area contributed by atoms with Gasteiger partial charge in [0.15, 0.2) is 11.6 Å². The molecule has 0 saturated heterocycles. The molecule has 0 radical (unpaired) electrons. The molecule has 1 aliphatic heterocycles. The highest BCUT2D eigenvalue weighted by atomic mass is 35.5. The van der Waals surface area contributed by atoms with Crippen molar-refractivity contribution < 1.29 is 14.3 Å². The number of nitrogens with zero attached hydrogens (tertiary/aromatic N) is 1. The summed E-state index contributed by atoms with van der Waals surface area (Å²) < 4.78 is 6.42. The maximum atomic E-state index is 14.3.